The summed E-state index contributed by atoms with van der Waals surface area (Å²) in [6.45, 7) is 9.80. The van der Waals surface area contributed by atoms with Crippen LogP contribution in [0.25, 0.3) is 10.9 Å². The maximum atomic E-state index is 13.1. The first kappa shape index (κ1) is 26.1. The molecular formula is C29H33N5O3S. The topological polar surface area (TPSA) is 98.1 Å². The highest BCUT2D eigenvalue weighted by molar-refractivity contribution is 7.85. The van der Waals surface area contributed by atoms with Gasteiger partial charge < -0.3 is 15.4 Å². The van der Waals surface area contributed by atoms with Crippen molar-refractivity contribution in [2.24, 2.45) is 0 Å². The molecule has 8 nitrogen and oxygen atoms in total. The molecule has 1 fully saturated rings. The van der Waals surface area contributed by atoms with E-state index in [-0.39, 0.29) is 23.1 Å². The average molecular weight is 532 g/mol. The first-order chi connectivity index (χ1) is 18.2. The van der Waals surface area contributed by atoms with Crippen molar-refractivity contribution in [2.45, 2.75) is 56.2 Å². The third-order valence-electron chi connectivity index (χ3n) is 6.60. The van der Waals surface area contributed by atoms with E-state index in [4.69, 9.17) is 4.74 Å². The number of nitrogens with zero attached hydrogens (tertiary/aromatic N) is 3. The molecule has 0 radical (unpaired) electrons. The summed E-state index contributed by atoms with van der Waals surface area (Å²) < 4.78 is 21.2. The van der Waals surface area contributed by atoms with Gasteiger partial charge in [0.15, 0.2) is 0 Å². The van der Waals surface area contributed by atoms with Crippen LogP contribution in [0.5, 0.6) is 11.5 Å². The molecule has 2 aromatic heterocycles. The molecule has 38 heavy (non-hydrogen) atoms. The minimum Gasteiger partial charge on any atom is -0.456 e. The molecule has 0 bridgehead atoms. The smallest absolute Gasteiger partial charge is 0.228 e. The Hall–Kier alpha value is -3.56. The number of benzene rings is 2. The van der Waals surface area contributed by atoms with Crippen LogP contribution in [-0.2, 0) is 27.6 Å². The molecule has 0 aliphatic carbocycles. The average Bonchev–Trinajstić information content (AvgIpc) is 3.58. The Morgan fingerprint density at radius 3 is 2.74 bits per heavy atom. The minimum absolute atomic E-state index is 0.107. The van der Waals surface area contributed by atoms with Crippen LogP contribution < -0.4 is 15.4 Å². The molecule has 9 heteroatoms. The van der Waals surface area contributed by atoms with E-state index in [1.807, 2.05) is 60.3 Å². The highest BCUT2D eigenvalue weighted by atomic mass is 32.2. The van der Waals surface area contributed by atoms with Gasteiger partial charge in [-0.3, -0.25) is 18.7 Å². The number of anilines is 1. The van der Waals surface area contributed by atoms with Gasteiger partial charge in [0.05, 0.1) is 45.4 Å². The van der Waals surface area contributed by atoms with Gasteiger partial charge in [-0.25, -0.2) is 0 Å². The first-order valence-electron chi connectivity index (χ1n) is 12.8. The summed E-state index contributed by atoms with van der Waals surface area (Å²) in [6, 6.07) is 13.3. The van der Waals surface area contributed by atoms with Crippen molar-refractivity contribution in [3.05, 3.63) is 72.2 Å². The van der Waals surface area contributed by atoms with Crippen molar-refractivity contribution in [1.82, 2.24) is 20.1 Å². The van der Waals surface area contributed by atoms with E-state index >= 15 is 0 Å². The van der Waals surface area contributed by atoms with Crippen LogP contribution in [0, 0.1) is 6.92 Å². The van der Waals surface area contributed by atoms with Crippen molar-refractivity contribution < 1.29 is 13.7 Å². The lowest BCUT2D eigenvalue weighted by atomic mass is 10.1. The van der Waals surface area contributed by atoms with Crippen molar-refractivity contribution in [3.63, 3.8) is 0 Å². The van der Waals surface area contributed by atoms with Gasteiger partial charge >= 0.3 is 0 Å². The zero-order valence-electron chi connectivity index (χ0n) is 22.2. The molecule has 2 aromatic carbocycles. The normalized spacial score (nSPS) is 16.5. The molecule has 2 N–H and O–H groups in total. The maximum Gasteiger partial charge on any atom is 0.228 e. The number of pyridine rings is 1. The zero-order chi connectivity index (χ0) is 26.9. The summed E-state index contributed by atoms with van der Waals surface area (Å²) in [5, 5.41) is 11.5. The largest absolute Gasteiger partial charge is 0.456 e. The summed E-state index contributed by atoms with van der Waals surface area (Å²) >= 11 is 0. The number of nitrogens with one attached hydrogen (secondary N) is 2. The van der Waals surface area contributed by atoms with Gasteiger partial charge in [-0.1, -0.05) is 12.1 Å². The Bertz CT molecular complexity index is 1500. The second-order valence-electron chi connectivity index (χ2n) is 10.7. The quantitative estimate of drug-likeness (QED) is 0.351. The molecule has 3 heterocycles. The monoisotopic (exact) mass is 531 g/mol. The van der Waals surface area contributed by atoms with Gasteiger partial charge in [0.2, 0.25) is 5.91 Å². The number of aryl methyl sites for hydroxylation is 1. The second kappa shape index (κ2) is 10.7. The fourth-order valence-electron chi connectivity index (χ4n) is 4.52. The van der Waals surface area contributed by atoms with Gasteiger partial charge in [-0.15, -0.1) is 0 Å². The molecule has 0 spiro atoms. The highest BCUT2D eigenvalue weighted by Crippen LogP contribution is 2.33. The molecular weight excluding hydrogens is 498 g/mol. The third-order valence-corrected chi connectivity index (χ3v) is 8.33. The van der Waals surface area contributed by atoms with E-state index in [1.54, 1.807) is 12.4 Å². The Labute approximate surface area is 225 Å². The number of carbonyl (C=O) groups excluding carboxylic acids is 1. The van der Waals surface area contributed by atoms with Crippen LogP contribution in [0.1, 0.15) is 38.3 Å². The lowest BCUT2D eigenvalue weighted by Crippen LogP contribution is -2.22. The number of rotatable bonds is 7. The van der Waals surface area contributed by atoms with E-state index in [9.17, 15) is 9.00 Å². The van der Waals surface area contributed by atoms with Crippen molar-refractivity contribution in [2.75, 3.05) is 18.4 Å². The van der Waals surface area contributed by atoms with Gasteiger partial charge in [0.25, 0.3) is 0 Å². The van der Waals surface area contributed by atoms with Crippen LogP contribution in [-0.4, -0.2) is 43.2 Å². The summed E-state index contributed by atoms with van der Waals surface area (Å²) in [5.74, 6) is 1.24. The summed E-state index contributed by atoms with van der Waals surface area (Å²) in [5.41, 5.74) is 3.11. The fourth-order valence-corrected chi connectivity index (χ4v) is 5.94. The van der Waals surface area contributed by atoms with Gasteiger partial charge in [0, 0.05) is 29.2 Å². The van der Waals surface area contributed by atoms with Crippen molar-refractivity contribution >= 4 is 33.3 Å². The first-order valence-corrected chi connectivity index (χ1v) is 14.0. The molecule has 2 unspecified atom stereocenters. The number of carbonyl (C=O) groups is 1. The Morgan fingerprint density at radius 2 is 2.03 bits per heavy atom. The van der Waals surface area contributed by atoms with E-state index in [0.29, 0.717) is 17.2 Å². The van der Waals surface area contributed by atoms with Gasteiger partial charge in [-0.05, 0) is 82.1 Å². The number of amides is 1. The lowest BCUT2D eigenvalue weighted by Gasteiger charge is -2.18. The number of ether oxygens (including phenoxy) is 1. The van der Waals surface area contributed by atoms with Crippen LogP contribution in [0.2, 0.25) is 0 Å². The Balaban J connectivity index is 1.30. The predicted octanol–water partition coefficient (Wildman–Crippen LogP) is 4.94. The van der Waals surface area contributed by atoms with Gasteiger partial charge in [-0.2, -0.15) is 5.10 Å². The molecule has 198 valence electrons. The standard InChI is InChI=1S/C29H33N5O3S/c1-19-13-20(14-28(35)33-21-16-32-34(18-21)29(2,3)4)5-8-26(19)37-27-10-12-31-25-7-6-22(15-24(25)27)38(36)23-9-11-30-17-23/h5-8,10,12-13,15-16,18,23,30H,9,11,14,17H2,1-4H3,(H,33,35). The number of aromatic nitrogens is 3. The molecule has 0 saturated carbocycles. The maximum absolute atomic E-state index is 13.1. The SMILES string of the molecule is Cc1cc(CC(=O)Nc2cnn(C(C)(C)C)c2)ccc1Oc1ccnc2ccc(S(=O)C3CCNC3)cc12. The van der Waals surface area contributed by atoms with Crippen molar-refractivity contribution in [3.8, 4) is 11.5 Å². The number of fused-ring (bicyclic) bond motifs is 1. The molecule has 1 aliphatic heterocycles. The lowest BCUT2D eigenvalue weighted by molar-refractivity contribution is -0.115. The van der Waals surface area contributed by atoms with Crippen LogP contribution in [0.3, 0.4) is 0 Å². The summed E-state index contributed by atoms with van der Waals surface area (Å²) in [4.78, 5) is 17.9. The summed E-state index contributed by atoms with van der Waals surface area (Å²) in [7, 11) is -1.09. The van der Waals surface area contributed by atoms with Crippen molar-refractivity contribution in [1.29, 1.82) is 0 Å². The molecule has 1 amide bonds. The summed E-state index contributed by atoms with van der Waals surface area (Å²) in [6.07, 6.45) is 6.36. The van der Waals surface area contributed by atoms with Crippen LogP contribution in [0.15, 0.2) is 66.0 Å². The number of hydrogen-bond donors (Lipinski definition) is 2. The Kier molecular flexibility index (Phi) is 7.32. The Morgan fingerprint density at radius 1 is 1.18 bits per heavy atom. The van der Waals surface area contributed by atoms with Crippen LogP contribution in [0.4, 0.5) is 5.69 Å². The highest BCUT2D eigenvalue weighted by Gasteiger charge is 2.23. The number of hydrogen-bond acceptors (Lipinski definition) is 6. The molecule has 1 aliphatic rings. The van der Waals surface area contributed by atoms with E-state index < -0.39 is 10.8 Å². The van der Waals surface area contributed by atoms with E-state index in [1.165, 1.54) is 0 Å². The predicted molar refractivity (Wildman–Crippen MR) is 150 cm³/mol. The minimum atomic E-state index is -1.09. The molecule has 5 rings (SSSR count). The molecule has 4 aromatic rings. The second-order valence-corrected chi connectivity index (χ2v) is 12.4. The van der Waals surface area contributed by atoms with Gasteiger partial charge in [0.1, 0.15) is 11.5 Å². The van der Waals surface area contributed by atoms with E-state index in [0.717, 1.165) is 46.4 Å². The van der Waals surface area contributed by atoms with Crippen LogP contribution >= 0.6 is 0 Å². The van der Waals surface area contributed by atoms with E-state index in [2.05, 4.69) is 41.5 Å². The third kappa shape index (κ3) is 5.79. The molecule has 1 saturated heterocycles. The zero-order valence-corrected chi connectivity index (χ0v) is 23.0. The fraction of sp³-hybridized carbons (Fsp3) is 0.345. The molecule has 2 atom stereocenters.